The molecule has 3 nitrogen and oxygen atoms in total. The first kappa shape index (κ1) is 41.1. The summed E-state index contributed by atoms with van der Waals surface area (Å²) in [4.78, 5) is 0. The van der Waals surface area contributed by atoms with Crippen LogP contribution in [0.25, 0.3) is 0 Å². The van der Waals surface area contributed by atoms with Gasteiger partial charge in [-0.1, -0.05) is 0 Å². The van der Waals surface area contributed by atoms with E-state index in [4.69, 9.17) is 0 Å². The van der Waals surface area contributed by atoms with E-state index in [0.29, 0.717) is 0 Å². The maximum absolute atomic E-state index is 13.5. The molecule has 0 aliphatic rings. The van der Waals surface area contributed by atoms with Crippen LogP contribution in [0.3, 0.4) is 0 Å². The molecule has 0 amide bonds. The van der Waals surface area contributed by atoms with Gasteiger partial charge in [-0.2, -0.15) is 92.2 Å². The summed E-state index contributed by atoms with van der Waals surface area (Å²) < 4.78 is 318. The molecule has 0 bridgehead atoms. The number of hydrogen-bond donors (Lipinski definition) is 0. The van der Waals surface area contributed by atoms with Crippen molar-refractivity contribution in [2.24, 2.45) is 0 Å². The Morgan fingerprint density at radius 3 is 0.949 bits per heavy atom. The molecule has 0 aliphatic heterocycles. The van der Waals surface area contributed by atoms with Gasteiger partial charge < -0.3 is 4.55 Å². The second kappa shape index (κ2) is 10.6. The standard InChI is InChI=1S/C12H4F22O3S.K/c13-2(1-3(14,15)16)4(17,18)5(19,20)6(21,22)7(23,24)8(25,26)9(27,28)10(29,30)11(31,32)12(33,34)38(35,36)37;/h2H,1H2,(H,35,36,37);/q;+1/p-1. The summed E-state index contributed by atoms with van der Waals surface area (Å²) in [5.74, 6) is -71.7. The van der Waals surface area contributed by atoms with Crippen molar-refractivity contribution in [1.29, 1.82) is 0 Å². The summed E-state index contributed by atoms with van der Waals surface area (Å²) in [6.45, 7) is 0. The zero-order chi connectivity index (χ0) is 31.8. The van der Waals surface area contributed by atoms with Crippen LogP contribution < -0.4 is 51.4 Å². The summed E-state index contributed by atoms with van der Waals surface area (Å²) in [6, 6.07) is 0. The molecule has 1 atom stereocenters. The van der Waals surface area contributed by atoms with Gasteiger partial charge in [0, 0.05) is 0 Å². The Morgan fingerprint density at radius 2 is 0.718 bits per heavy atom. The van der Waals surface area contributed by atoms with Gasteiger partial charge in [0.2, 0.25) is 0 Å². The molecule has 230 valence electrons. The van der Waals surface area contributed by atoms with E-state index in [1.807, 2.05) is 0 Å². The Kier molecular flexibility index (Phi) is 11.2. The van der Waals surface area contributed by atoms with Crippen LogP contribution in [0.4, 0.5) is 96.6 Å². The third-order valence-corrected chi connectivity index (χ3v) is 5.15. The Bertz CT molecular complexity index is 985. The van der Waals surface area contributed by atoms with Gasteiger partial charge >= 0.3 is 110 Å². The van der Waals surface area contributed by atoms with Crippen molar-refractivity contribution >= 4 is 10.1 Å². The minimum absolute atomic E-state index is 0. The fourth-order valence-corrected chi connectivity index (χ4v) is 2.51. The van der Waals surface area contributed by atoms with E-state index < -0.39 is 81.5 Å². The van der Waals surface area contributed by atoms with Gasteiger partial charge in [-0.15, -0.1) is 0 Å². The van der Waals surface area contributed by atoms with Crippen LogP contribution in [0.1, 0.15) is 6.42 Å². The van der Waals surface area contributed by atoms with Gasteiger partial charge in [0.05, 0.1) is 6.42 Å². The van der Waals surface area contributed by atoms with Crippen LogP contribution in [-0.4, -0.2) is 78.0 Å². The van der Waals surface area contributed by atoms with Gasteiger partial charge in [-0.25, -0.2) is 12.8 Å². The zero-order valence-electron chi connectivity index (χ0n) is 17.2. The number of hydrogen-bond acceptors (Lipinski definition) is 3. The molecule has 0 rings (SSSR count). The first-order valence-corrected chi connectivity index (χ1v) is 9.35. The molecule has 0 heterocycles. The van der Waals surface area contributed by atoms with Crippen LogP contribution in [0.15, 0.2) is 0 Å². The average molecular weight is 684 g/mol. The normalized spacial score (nSPS) is 17.1. The summed E-state index contributed by atoms with van der Waals surface area (Å²) in [7, 11) is -8.36. The number of rotatable bonds is 11. The first-order valence-electron chi connectivity index (χ1n) is 7.94. The molecule has 0 aliphatic carbocycles. The molecule has 0 fully saturated rings. The average Bonchev–Trinajstić information content (AvgIpc) is 2.64. The maximum atomic E-state index is 13.5. The SMILES string of the molecule is O=S(=O)([O-])C(F)(F)C(F)(F)C(F)(F)C(F)(F)C(F)(F)C(F)(F)C(F)(F)C(F)(F)C(F)(F)C(F)CC(F)(F)F.[K+]. The molecule has 0 N–H and O–H groups in total. The largest absolute Gasteiger partial charge is 1.00 e. The Labute approximate surface area is 241 Å². The molecule has 0 radical (unpaired) electrons. The van der Waals surface area contributed by atoms with Crippen LogP contribution >= 0.6 is 0 Å². The van der Waals surface area contributed by atoms with Crippen LogP contribution in [-0.2, 0) is 10.1 Å². The minimum Gasteiger partial charge on any atom is -0.743 e. The van der Waals surface area contributed by atoms with E-state index in [1.54, 1.807) is 0 Å². The third kappa shape index (κ3) is 5.82. The van der Waals surface area contributed by atoms with Gasteiger partial charge in [0.15, 0.2) is 16.3 Å². The van der Waals surface area contributed by atoms with Gasteiger partial charge in [0.1, 0.15) is 0 Å². The molecular formula is C12H3F22KO3S. The van der Waals surface area contributed by atoms with Crippen LogP contribution in [0.2, 0.25) is 0 Å². The third-order valence-electron chi connectivity index (χ3n) is 4.27. The maximum Gasteiger partial charge on any atom is 1.00 e. The van der Waals surface area contributed by atoms with Crippen molar-refractivity contribution in [3.8, 4) is 0 Å². The topological polar surface area (TPSA) is 57.2 Å². The van der Waals surface area contributed by atoms with Crippen LogP contribution in [0.5, 0.6) is 0 Å². The van der Waals surface area contributed by atoms with E-state index in [-0.39, 0.29) is 51.4 Å². The predicted octanol–water partition coefficient (Wildman–Crippen LogP) is 3.50. The first-order chi connectivity index (χ1) is 15.9. The molecule has 39 heavy (non-hydrogen) atoms. The summed E-state index contributed by atoms with van der Waals surface area (Å²) in [5, 5.41) is -8.18. The molecule has 0 spiro atoms. The molecule has 0 saturated carbocycles. The smallest absolute Gasteiger partial charge is 0.743 e. The van der Waals surface area contributed by atoms with Crippen molar-refractivity contribution in [3.63, 3.8) is 0 Å². The Morgan fingerprint density at radius 1 is 0.487 bits per heavy atom. The second-order valence-electron chi connectivity index (χ2n) is 6.90. The summed E-state index contributed by atoms with van der Waals surface area (Å²) >= 11 is 0. The van der Waals surface area contributed by atoms with E-state index in [0.717, 1.165) is 0 Å². The number of halogens is 22. The van der Waals surface area contributed by atoms with Gasteiger partial charge in [-0.3, -0.25) is 0 Å². The molecule has 0 aromatic carbocycles. The van der Waals surface area contributed by atoms with Gasteiger partial charge in [-0.05, 0) is 0 Å². The van der Waals surface area contributed by atoms with Crippen molar-refractivity contribution in [2.75, 3.05) is 0 Å². The fourth-order valence-electron chi connectivity index (χ4n) is 2.06. The second-order valence-corrected chi connectivity index (χ2v) is 8.32. The number of alkyl halides is 22. The molecule has 0 aromatic heterocycles. The van der Waals surface area contributed by atoms with Crippen LogP contribution in [0, 0.1) is 0 Å². The zero-order valence-corrected chi connectivity index (χ0v) is 21.2. The molecule has 1 unspecified atom stereocenters. The minimum atomic E-state index is -9.38. The summed E-state index contributed by atoms with van der Waals surface area (Å²) in [5.41, 5.74) is 0. The Hall–Kier alpha value is 0.00636. The van der Waals surface area contributed by atoms with Gasteiger partial charge in [0.25, 0.3) is 0 Å². The molecule has 27 heteroatoms. The monoisotopic (exact) mass is 684 g/mol. The van der Waals surface area contributed by atoms with E-state index in [1.165, 1.54) is 0 Å². The molecular weight excluding hydrogens is 681 g/mol. The van der Waals surface area contributed by atoms with E-state index in [2.05, 4.69) is 0 Å². The molecule has 0 aromatic rings. The van der Waals surface area contributed by atoms with Crippen molar-refractivity contribution in [1.82, 2.24) is 0 Å². The quantitative estimate of drug-likeness (QED) is 0.191. The molecule has 0 saturated heterocycles. The van der Waals surface area contributed by atoms with E-state index >= 15 is 0 Å². The summed E-state index contributed by atoms with van der Waals surface area (Å²) in [6.07, 6.45) is -16.1. The van der Waals surface area contributed by atoms with Crippen molar-refractivity contribution in [2.45, 2.75) is 71.4 Å². The van der Waals surface area contributed by atoms with Crippen molar-refractivity contribution in [3.05, 3.63) is 0 Å². The van der Waals surface area contributed by atoms with E-state index in [9.17, 15) is 110 Å². The van der Waals surface area contributed by atoms with Crippen molar-refractivity contribution < 1.29 is 161 Å². The fraction of sp³-hybridized carbons (Fsp3) is 1.00. The predicted molar refractivity (Wildman–Crippen MR) is 69.8 cm³/mol. The Balaban J connectivity index is 0.